The van der Waals surface area contributed by atoms with Crippen LogP contribution in [0.2, 0.25) is 0 Å². The monoisotopic (exact) mass is 194 g/mol. The van der Waals surface area contributed by atoms with Gasteiger partial charge in [0.15, 0.2) is 5.78 Å². The molecular formula is C10H14N2O2. The standard InChI is InChI=1S/C10H14N2O2/c1-6-4-5-12-10(11)8(6)9(13)7(2)14-3/h4-5,7H,1-3H3,(H2,11,12). The number of anilines is 1. The normalized spacial score (nSPS) is 12.5. The molecule has 14 heavy (non-hydrogen) atoms. The van der Waals surface area contributed by atoms with Gasteiger partial charge in [-0.25, -0.2) is 4.98 Å². The number of nitrogens with zero attached hydrogens (tertiary/aromatic N) is 1. The van der Waals surface area contributed by atoms with Gasteiger partial charge in [0.1, 0.15) is 11.9 Å². The molecule has 1 unspecified atom stereocenters. The van der Waals surface area contributed by atoms with Gasteiger partial charge in [-0.05, 0) is 25.5 Å². The minimum absolute atomic E-state index is 0.129. The zero-order valence-electron chi connectivity index (χ0n) is 8.57. The molecule has 0 bridgehead atoms. The first-order chi connectivity index (χ1) is 6.57. The summed E-state index contributed by atoms with van der Waals surface area (Å²) in [5.41, 5.74) is 6.91. The highest BCUT2D eigenvalue weighted by atomic mass is 16.5. The molecule has 1 rings (SSSR count). The Labute approximate surface area is 83.1 Å². The molecule has 4 heteroatoms. The topological polar surface area (TPSA) is 65.2 Å². The van der Waals surface area contributed by atoms with Gasteiger partial charge in [-0.1, -0.05) is 0 Å². The number of carbonyl (C=O) groups is 1. The Morgan fingerprint density at radius 1 is 1.64 bits per heavy atom. The molecule has 0 aliphatic rings. The van der Waals surface area contributed by atoms with E-state index in [1.807, 2.05) is 6.92 Å². The van der Waals surface area contributed by atoms with Crippen LogP contribution >= 0.6 is 0 Å². The number of pyridine rings is 1. The summed E-state index contributed by atoms with van der Waals surface area (Å²) in [4.78, 5) is 15.7. The van der Waals surface area contributed by atoms with Crippen molar-refractivity contribution in [2.24, 2.45) is 0 Å². The van der Waals surface area contributed by atoms with Gasteiger partial charge in [-0.3, -0.25) is 4.79 Å². The van der Waals surface area contributed by atoms with Crippen molar-refractivity contribution in [3.05, 3.63) is 23.4 Å². The highest BCUT2D eigenvalue weighted by molar-refractivity contribution is 6.03. The zero-order valence-corrected chi connectivity index (χ0v) is 8.57. The fraction of sp³-hybridized carbons (Fsp3) is 0.400. The molecule has 0 amide bonds. The van der Waals surface area contributed by atoms with Crippen molar-refractivity contribution in [2.75, 3.05) is 12.8 Å². The van der Waals surface area contributed by atoms with Crippen molar-refractivity contribution < 1.29 is 9.53 Å². The van der Waals surface area contributed by atoms with Gasteiger partial charge >= 0.3 is 0 Å². The summed E-state index contributed by atoms with van der Waals surface area (Å²) in [6, 6.07) is 1.76. The summed E-state index contributed by atoms with van der Waals surface area (Å²) in [5, 5.41) is 0. The van der Waals surface area contributed by atoms with E-state index in [4.69, 9.17) is 10.5 Å². The van der Waals surface area contributed by atoms with Crippen LogP contribution in [0.1, 0.15) is 22.8 Å². The fourth-order valence-corrected chi connectivity index (χ4v) is 1.21. The lowest BCUT2D eigenvalue weighted by Crippen LogP contribution is -2.21. The second-order valence-electron chi connectivity index (χ2n) is 3.13. The molecule has 0 saturated heterocycles. The number of aromatic nitrogens is 1. The number of ketones is 1. The van der Waals surface area contributed by atoms with Crippen LogP contribution in [0.25, 0.3) is 0 Å². The third kappa shape index (κ3) is 1.90. The van der Waals surface area contributed by atoms with Crippen LogP contribution < -0.4 is 5.73 Å². The maximum Gasteiger partial charge on any atom is 0.195 e. The first kappa shape index (κ1) is 10.7. The average molecular weight is 194 g/mol. The molecule has 0 aliphatic carbocycles. The predicted octanol–water partition coefficient (Wildman–Crippen LogP) is 1.19. The molecule has 4 nitrogen and oxygen atoms in total. The summed E-state index contributed by atoms with van der Waals surface area (Å²) in [7, 11) is 1.49. The number of Topliss-reactive ketones (excluding diaryl/α,β-unsaturated/α-hetero) is 1. The van der Waals surface area contributed by atoms with Crippen LogP contribution in [0.4, 0.5) is 5.82 Å². The highest BCUT2D eigenvalue weighted by Gasteiger charge is 2.19. The SMILES string of the molecule is COC(C)C(=O)c1c(C)ccnc1N. The van der Waals surface area contributed by atoms with Crippen LogP contribution in [0, 0.1) is 6.92 Å². The van der Waals surface area contributed by atoms with Gasteiger partial charge in [0.05, 0.1) is 5.56 Å². The predicted molar refractivity (Wildman–Crippen MR) is 54.2 cm³/mol. The van der Waals surface area contributed by atoms with E-state index in [0.717, 1.165) is 5.56 Å². The molecule has 1 aromatic heterocycles. The van der Waals surface area contributed by atoms with Gasteiger partial charge in [0, 0.05) is 13.3 Å². The molecule has 1 atom stereocenters. The molecule has 0 fully saturated rings. The molecule has 0 spiro atoms. The second kappa shape index (κ2) is 4.19. The number of ether oxygens (including phenoxy) is 1. The lowest BCUT2D eigenvalue weighted by molar-refractivity contribution is 0.0655. The molecule has 0 aromatic carbocycles. The molecule has 1 heterocycles. The third-order valence-corrected chi connectivity index (χ3v) is 2.16. The number of rotatable bonds is 3. The summed E-state index contributed by atoms with van der Waals surface area (Å²) >= 11 is 0. The van der Waals surface area contributed by atoms with E-state index in [1.54, 1.807) is 19.2 Å². The number of nitrogen functional groups attached to an aromatic ring is 1. The zero-order chi connectivity index (χ0) is 10.7. The van der Waals surface area contributed by atoms with Crippen molar-refractivity contribution in [2.45, 2.75) is 20.0 Å². The van der Waals surface area contributed by atoms with Gasteiger partial charge in [0.25, 0.3) is 0 Å². The molecule has 2 N–H and O–H groups in total. The van der Waals surface area contributed by atoms with Gasteiger partial charge in [0.2, 0.25) is 0 Å². The summed E-state index contributed by atoms with van der Waals surface area (Å²) < 4.78 is 4.94. The van der Waals surface area contributed by atoms with E-state index >= 15 is 0 Å². The summed E-state index contributed by atoms with van der Waals surface area (Å²) in [5.74, 6) is 0.134. The van der Waals surface area contributed by atoms with E-state index in [9.17, 15) is 4.79 Å². The lowest BCUT2D eigenvalue weighted by atomic mass is 10.0. The van der Waals surface area contributed by atoms with E-state index in [1.165, 1.54) is 7.11 Å². The van der Waals surface area contributed by atoms with Crippen LogP contribution in [-0.4, -0.2) is 24.0 Å². The van der Waals surface area contributed by atoms with Crippen molar-refractivity contribution >= 4 is 11.6 Å². The average Bonchev–Trinajstić information content (AvgIpc) is 2.16. The Balaban J connectivity index is 3.12. The van der Waals surface area contributed by atoms with Crippen LogP contribution in [0.15, 0.2) is 12.3 Å². The molecule has 76 valence electrons. The van der Waals surface area contributed by atoms with Crippen LogP contribution in [0.5, 0.6) is 0 Å². The van der Waals surface area contributed by atoms with Gasteiger partial charge < -0.3 is 10.5 Å². The maximum atomic E-state index is 11.8. The van der Waals surface area contributed by atoms with E-state index in [0.29, 0.717) is 5.56 Å². The number of nitrogens with two attached hydrogens (primary N) is 1. The molecule has 0 saturated carbocycles. The smallest absolute Gasteiger partial charge is 0.195 e. The van der Waals surface area contributed by atoms with E-state index < -0.39 is 6.10 Å². The number of hydrogen-bond donors (Lipinski definition) is 1. The molecule has 0 radical (unpaired) electrons. The quantitative estimate of drug-likeness (QED) is 0.734. The van der Waals surface area contributed by atoms with Crippen molar-refractivity contribution in [1.82, 2.24) is 4.98 Å². The first-order valence-corrected chi connectivity index (χ1v) is 4.36. The molecular weight excluding hydrogens is 180 g/mol. The van der Waals surface area contributed by atoms with Crippen LogP contribution in [0.3, 0.4) is 0 Å². The second-order valence-corrected chi connectivity index (χ2v) is 3.13. The Morgan fingerprint density at radius 3 is 2.79 bits per heavy atom. The number of methoxy groups -OCH3 is 1. The van der Waals surface area contributed by atoms with Crippen molar-refractivity contribution in [3.8, 4) is 0 Å². The first-order valence-electron chi connectivity index (χ1n) is 4.36. The van der Waals surface area contributed by atoms with Crippen molar-refractivity contribution in [3.63, 3.8) is 0 Å². The summed E-state index contributed by atoms with van der Waals surface area (Å²) in [6.07, 6.45) is 1.10. The Morgan fingerprint density at radius 2 is 2.29 bits per heavy atom. The third-order valence-electron chi connectivity index (χ3n) is 2.16. The number of carbonyl (C=O) groups excluding carboxylic acids is 1. The minimum atomic E-state index is -0.486. The van der Waals surface area contributed by atoms with E-state index in [-0.39, 0.29) is 11.6 Å². The summed E-state index contributed by atoms with van der Waals surface area (Å²) in [6.45, 7) is 3.52. The lowest BCUT2D eigenvalue weighted by Gasteiger charge is -2.11. The Kier molecular flexibility index (Phi) is 3.19. The van der Waals surface area contributed by atoms with Crippen LogP contribution in [-0.2, 0) is 4.74 Å². The van der Waals surface area contributed by atoms with Gasteiger partial charge in [-0.2, -0.15) is 0 Å². The Hall–Kier alpha value is -1.42. The number of aryl methyl sites for hydroxylation is 1. The van der Waals surface area contributed by atoms with Gasteiger partial charge in [-0.15, -0.1) is 0 Å². The number of hydrogen-bond acceptors (Lipinski definition) is 4. The van der Waals surface area contributed by atoms with E-state index in [2.05, 4.69) is 4.98 Å². The maximum absolute atomic E-state index is 11.8. The highest BCUT2D eigenvalue weighted by Crippen LogP contribution is 2.16. The van der Waals surface area contributed by atoms with Crippen molar-refractivity contribution in [1.29, 1.82) is 0 Å². The largest absolute Gasteiger partial charge is 0.383 e. The molecule has 0 aliphatic heterocycles. The Bertz CT molecular complexity index is 330. The fourth-order valence-electron chi connectivity index (χ4n) is 1.21. The minimum Gasteiger partial charge on any atom is -0.383 e. The molecule has 1 aromatic rings.